The highest BCUT2D eigenvalue weighted by molar-refractivity contribution is 7.89. The minimum Gasteiger partial charge on any atom is -0.396 e. The maximum Gasteiger partial charge on any atom is 0.240 e. The van der Waals surface area contributed by atoms with E-state index in [0.717, 1.165) is 37.5 Å². The quantitative estimate of drug-likeness (QED) is 0.581. The smallest absolute Gasteiger partial charge is 0.240 e. The van der Waals surface area contributed by atoms with Crippen molar-refractivity contribution >= 4 is 15.7 Å². The van der Waals surface area contributed by atoms with Gasteiger partial charge in [0.1, 0.15) is 5.82 Å². The molecular weight excluding hydrogens is 283 g/mol. The number of sulfonamides is 1. The fraction of sp³-hybridized carbons (Fsp3) is 0.538. The summed E-state index contributed by atoms with van der Waals surface area (Å²) in [5.74, 6) is -0.654. The summed E-state index contributed by atoms with van der Waals surface area (Å²) in [6.45, 7) is 0. The Labute approximate surface area is 118 Å². The molecule has 0 saturated heterocycles. The normalized spacial score (nSPS) is 24.3. The zero-order chi connectivity index (χ0) is 14.8. The van der Waals surface area contributed by atoms with Crippen LogP contribution in [-0.4, -0.2) is 25.7 Å². The van der Waals surface area contributed by atoms with Gasteiger partial charge in [-0.1, -0.05) is 19.3 Å². The van der Waals surface area contributed by atoms with Crippen molar-refractivity contribution in [3.05, 3.63) is 24.0 Å². The summed E-state index contributed by atoms with van der Waals surface area (Å²) in [7, 11) is -3.80. The van der Waals surface area contributed by atoms with Crippen LogP contribution >= 0.6 is 0 Å². The van der Waals surface area contributed by atoms with Crippen LogP contribution in [-0.2, 0) is 10.0 Å². The van der Waals surface area contributed by atoms with Crippen molar-refractivity contribution in [1.29, 1.82) is 0 Å². The van der Waals surface area contributed by atoms with E-state index in [9.17, 15) is 17.9 Å². The van der Waals surface area contributed by atoms with Crippen molar-refractivity contribution in [2.24, 2.45) is 0 Å². The number of nitrogens with one attached hydrogen (secondary N) is 1. The minimum atomic E-state index is -3.80. The van der Waals surface area contributed by atoms with Crippen molar-refractivity contribution in [1.82, 2.24) is 4.72 Å². The second-order valence-corrected chi connectivity index (χ2v) is 6.83. The molecule has 4 N–H and O–H groups in total. The van der Waals surface area contributed by atoms with Gasteiger partial charge in [0.25, 0.3) is 0 Å². The molecule has 112 valence electrons. The molecule has 0 aromatic heterocycles. The molecule has 2 atom stereocenters. The highest BCUT2D eigenvalue weighted by atomic mass is 32.2. The predicted molar refractivity (Wildman–Crippen MR) is 74.0 cm³/mol. The van der Waals surface area contributed by atoms with E-state index in [0.29, 0.717) is 12.8 Å². The van der Waals surface area contributed by atoms with Crippen LogP contribution in [0.15, 0.2) is 23.1 Å². The van der Waals surface area contributed by atoms with Crippen LogP contribution in [0, 0.1) is 5.82 Å². The van der Waals surface area contributed by atoms with Gasteiger partial charge in [0.05, 0.1) is 16.7 Å². The largest absolute Gasteiger partial charge is 0.396 e. The Balaban J connectivity index is 2.19. The number of aliphatic hydroxyl groups excluding tert-OH is 1. The molecule has 1 aliphatic rings. The summed E-state index contributed by atoms with van der Waals surface area (Å²) in [5.41, 5.74) is 5.17. The minimum absolute atomic E-state index is 0.0900. The zero-order valence-electron chi connectivity index (χ0n) is 11.0. The van der Waals surface area contributed by atoms with Gasteiger partial charge in [-0.05, 0) is 31.0 Å². The molecule has 0 spiro atoms. The molecule has 0 heterocycles. The fourth-order valence-electron chi connectivity index (χ4n) is 2.38. The Morgan fingerprint density at radius 1 is 1.25 bits per heavy atom. The highest BCUT2D eigenvalue weighted by Crippen LogP contribution is 2.21. The molecule has 1 aromatic rings. The number of benzene rings is 1. The van der Waals surface area contributed by atoms with E-state index in [1.165, 1.54) is 0 Å². The first-order valence-electron chi connectivity index (χ1n) is 6.65. The molecule has 1 fully saturated rings. The van der Waals surface area contributed by atoms with Gasteiger partial charge in [0, 0.05) is 6.04 Å². The summed E-state index contributed by atoms with van der Waals surface area (Å²) in [4.78, 5) is -0.0900. The molecule has 0 aliphatic heterocycles. The molecule has 1 aromatic carbocycles. The zero-order valence-corrected chi connectivity index (χ0v) is 11.9. The van der Waals surface area contributed by atoms with Crippen LogP contribution in [0.5, 0.6) is 0 Å². The first-order valence-corrected chi connectivity index (χ1v) is 8.14. The van der Waals surface area contributed by atoms with Crippen LogP contribution in [0.1, 0.15) is 32.1 Å². The molecule has 5 nitrogen and oxygen atoms in total. The Kier molecular flexibility index (Phi) is 4.62. The number of hydrogen-bond acceptors (Lipinski definition) is 4. The summed E-state index contributed by atoms with van der Waals surface area (Å²) < 4.78 is 40.0. The van der Waals surface area contributed by atoms with Crippen molar-refractivity contribution in [3.8, 4) is 0 Å². The van der Waals surface area contributed by atoms with Gasteiger partial charge in [-0.3, -0.25) is 0 Å². The molecule has 2 unspecified atom stereocenters. The molecular formula is C13H19FN2O3S. The van der Waals surface area contributed by atoms with Gasteiger partial charge < -0.3 is 10.8 Å². The van der Waals surface area contributed by atoms with Crippen molar-refractivity contribution in [2.45, 2.75) is 49.1 Å². The molecule has 1 saturated carbocycles. The van der Waals surface area contributed by atoms with Crippen LogP contribution in [0.25, 0.3) is 0 Å². The lowest BCUT2D eigenvalue weighted by Gasteiger charge is -2.21. The summed E-state index contributed by atoms with van der Waals surface area (Å²) in [6, 6.07) is 2.76. The maximum absolute atomic E-state index is 13.1. The number of aliphatic hydroxyl groups is 1. The number of nitrogens with two attached hydrogens (primary N) is 1. The topological polar surface area (TPSA) is 92.4 Å². The predicted octanol–water partition coefficient (Wildman–Crippen LogP) is 1.38. The van der Waals surface area contributed by atoms with Gasteiger partial charge in [-0.15, -0.1) is 0 Å². The Hall–Kier alpha value is -1.18. The molecule has 7 heteroatoms. The number of hydrogen-bond donors (Lipinski definition) is 3. The Morgan fingerprint density at radius 3 is 2.65 bits per heavy atom. The van der Waals surface area contributed by atoms with E-state index in [1.54, 1.807) is 0 Å². The average molecular weight is 302 g/mol. The molecule has 1 aliphatic carbocycles. The highest BCUT2D eigenvalue weighted by Gasteiger charge is 2.27. The lowest BCUT2D eigenvalue weighted by molar-refractivity contribution is 0.130. The van der Waals surface area contributed by atoms with Crippen LogP contribution in [0.3, 0.4) is 0 Å². The number of halogens is 1. The van der Waals surface area contributed by atoms with E-state index < -0.39 is 28.0 Å². The lowest BCUT2D eigenvalue weighted by atomic mass is 10.1. The van der Waals surface area contributed by atoms with Gasteiger partial charge in [0.15, 0.2) is 0 Å². The number of nitrogen functional groups attached to an aromatic ring is 1. The Morgan fingerprint density at radius 2 is 1.95 bits per heavy atom. The SMILES string of the molecule is Nc1cc(S(=O)(=O)NC2CCCCCC2O)ccc1F. The second-order valence-electron chi connectivity index (χ2n) is 5.12. The van der Waals surface area contributed by atoms with Crippen molar-refractivity contribution in [3.63, 3.8) is 0 Å². The number of rotatable bonds is 3. The first-order chi connectivity index (χ1) is 9.40. The third-order valence-electron chi connectivity index (χ3n) is 3.56. The molecule has 0 bridgehead atoms. The fourth-order valence-corrected chi connectivity index (χ4v) is 3.72. The van der Waals surface area contributed by atoms with Crippen LogP contribution < -0.4 is 10.5 Å². The van der Waals surface area contributed by atoms with E-state index in [2.05, 4.69) is 4.72 Å². The molecule has 2 rings (SSSR count). The third kappa shape index (κ3) is 3.47. The monoisotopic (exact) mass is 302 g/mol. The van der Waals surface area contributed by atoms with Crippen LogP contribution in [0.2, 0.25) is 0 Å². The molecule has 20 heavy (non-hydrogen) atoms. The van der Waals surface area contributed by atoms with Crippen molar-refractivity contribution < 1.29 is 17.9 Å². The average Bonchev–Trinajstić information content (AvgIpc) is 2.58. The van der Waals surface area contributed by atoms with Gasteiger partial charge in [-0.2, -0.15) is 0 Å². The summed E-state index contributed by atoms with van der Waals surface area (Å²) in [5, 5.41) is 9.95. The van der Waals surface area contributed by atoms with E-state index in [4.69, 9.17) is 5.73 Å². The summed E-state index contributed by atoms with van der Waals surface area (Å²) in [6.07, 6.45) is 3.23. The lowest BCUT2D eigenvalue weighted by Crippen LogP contribution is -2.42. The van der Waals surface area contributed by atoms with Crippen LogP contribution in [0.4, 0.5) is 10.1 Å². The molecule has 0 amide bonds. The van der Waals surface area contributed by atoms with Gasteiger partial charge in [0.2, 0.25) is 10.0 Å². The number of anilines is 1. The third-order valence-corrected chi connectivity index (χ3v) is 5.05. The van der Waals surface area contributed by atoms with E-state index >= 15 is 0 Å². The maximum atomic E-state index is 13.1. The molecule has 0 radical (unpaired) electrons. The Bertz CT molecular complexity index is 577. The van der Waals surface area contributed by atoms with E-state index in [1.807, 2.05) is 0 Å². The summed E-state index contributed by atoms with van der Waals surface area (Å²) >= 11 is 0. The van der Waals surface area contributed by atoms with Gasteiger partial charge >= 0.3 is 0 Å². The standard InChI is InChI=1S/C13H19FN2O3S/c14-10-7-6-9(8-11(10)15)20(18,19)16-12-4-2-1-3-5-13(12)17/h6-8,12-13,16-17H,1-5,15H2. The first kappa shape index (κ1) is 15.2. The van der Waals surface area contributed by atoms with E-state index in [-0.39, 0.29) is 10.6 Å². The van der Waals surface area contributed by atoms with Crippen molar-refractivity contribution in [2.75, 3.05) is 5.73 Å². The second kappa shape index (κ2) is 6.07. The van der Waals surface area contributed by atoms with Gasteiger partial charge in [-0.25, -0.2) is 17.5 Å².